The number of nitrogens with one attached hydrogen (secondary N) is 1. The van der Waals surface area contributed by atoms with Crippen LogP contribution in [0.25, 0.3) is 10.2 Å². The summed E-state index contributed by atoms with van der Waals surface area (Å²) in [7, 11) is 3.94. The van der Waals surface area contributed by atoms with Gasteiger partial charge in [-0.2, -0.15) is 0 Å². The van der Waals surface area contributed by atoms with Crippen LogP contribution in [-0.2, 0) is 0 Å². The monoisotopic (exact) mass is 343 g/mol. The first-order valence-electron chi connectivity index (χ1n) is 7.10. The molecule has 0 aliphatic heterocycles. The number of hydrogen-bond acceptors (Lipinski definition) is 5. The Labute approximate surface area is 143 Å². The van der Waals surface area contributed by atoms with Crippen molar-refractivity contribution in [2.24, 2.45) is 0 Å². The summed E-state index contributed by atoms with van der Waals surface area (Å²) >= 11 is 3.19. The number of hydrogen-bond donors (Lipinski definition) is 1. The van der Waals surface area contributed by atoms with Gasteiger partial charge in [0.25, 0.3) is 5.91 Å². The van der Waals surface area contributed by atoms with Crippen molar-refractivity contribution in [2.75, 3.05) is 30.6 Å². The summed E-state index contributed by atoms with van der Waals surface area (Å²) in [5, 5.41) is 3.51. The Bertz CT molecular complexity index is 841. The van der Waals surface area contributed by atoms with Crippen molar-refractivity contribution < 1.29 is 4.79 Å². The van der Waals surface area contributed by atoms with E-state index >= 15 is 0 Å². The number of anilines is 2. The van der Waals surface area contributed by atoms with E-state index in [2.05, 4.69) is 16.4 Å². The molecule has 0 spiro atoms. The highest BCUT2D eigenvalue weighted by Gasteiger charge is 2.10. The molecule has 0 unspecified atom stereocenters. The van der Waals surface area contributed by atoms with E-state index in [1.165, 1.54) is 16.2 Å². The summed E-state index contributed by atoms with van der Waals surface area (Å²) in [4.78, 5) is 20.0. The first-order chi connectivity index (χ1) is 11.1. The summed E-state index contributed by atoms with van der Waals surface area (Å²) in [6.07, 6.45) is 2.04. The SMILES string of the molecule is CSc1ccc2nc(NC(=O)c3ccc(N(C)C)cc3)sc2c1. The number of thioether (sulfide) groups is 1. The largest absolute Gasteiger partial charge is 0.378 e. The van der Waals surface area contributed by atoms with Crippen LogP contribution in [0.2, 0.25) is 0 Å². The molecule has 4 nitrogen and oxygen atoms in total. The van der Waals surface area contributed by atoms with Gasteiger partial charge in [-0.3, -0.25) is 10.1 Å². The molecular weight excluding hydrogens is 326 g/mol. The summed E-state index contributed by atoms with van der Waals surface area (Å²) in [6.45, 7) is 0. The maximum atomic E-state index is 12.3. The molecule has 0 aliphatic carbocycles. The number of fused-ring (bicyclic) bond motifs is 1. The average molecular weight is 343 g/mol. The predicted octanol–water partition coefficient (Wildman–Crippen LogP) is 4.34. The van der Waals surface area contributed by atoms with Gasteiger partial charge in [-0.05, 0) is 48.7 Å². The third kappa shape index (κ3) is 3.48. The third-order valence-corrected chi connectivity index (χ3v) is 5.12. The van der Waals surface area contributed by atoms with Gasteiger partial charge in [0.2, 0.25) is 0 Å². The van der Waals surface area contributed by atoms with Crippen LogP contribution < -0.4 is 10.2 Å². The average Bonchev–Trinajstić information content (AvgIpc) is 2.95. The molecule has 6 heteroatoms. The van der Waals surface area contributed by atoms with Crippen LogP contribution >= 0.6 is 23.1 Å². The number of carbonyl (C=O) groups excluding carboxylic acids is 1. The molecule has 0 bridgehead atoms. The van der Waals surface area contributed by atoms with Gasteiger partial charge in [0, 0.05) is 30.2 Å². The van der Waals surface area contributed by atoms with E-state index in [4.69, 9.17) is 0 Å². The number of nitrogens with zero attached hydrogens (tertiary/aromatic N) is 2. The van der Waals surface area contributed by atoms with Crippen LogP contribution in [0.1, 0.15) is 10.4 Å². The molecule has 23 heavy (non-hydrogen) atoms. The Kier molecular flexibility index (Phi) is 4.54. The topological polar surface area (TPSA) is 45.2 Å². The fourth-order valence-electron chi connectivity index (χ4n) is 2.17. The first kappa shape index (κ1) is 15.8. The van der Waals surface area contributed by atoms with Crippen molar-refractivity contribution in [1.82, 2.24) is 4.98 Å². The van der Waals surface area contributed by atoms with Crippen molar-refractivity contribution in [3.63, 3.8) is 0 Å². The van der Waals surface area contributed by atoms with Crippen LogP contribution in [0.4, 0.5) is 10.8 Å². The standard InChI is InChI=1S/C17H17N3OS2/c1-20(2)12-6-4-11(5-7-12)16(21)19-17-18-14-9-8-13(22-3)10-15(14)23-17/h4-10H,1-3H3,(H,18,19,21). The molecule has 3 rings (SSSR count). The minimum absolute atomic E-state index is 0.139. The number of thiazole rings is 1. The fourth-order valence-corrected chi connectivity index (χ4v) is 3.58. The number of carbonyl (C=O) groups is 1. The van der Waals surface area contributed by atoms with Crippen molar-refractivity contribution >= 4 is 50.0 Å². The number of benzene rings is 2. The lowest BCUT2D eigenvalue weighted by molar-refractivity contribution is 0.102. The Morgan fingerprint density at radius 1 is 1.17 bits per heavy atom. The lowest BCUT2D eigenvalue weighted by Gasteiger charge is -2.12. The molecule has 1 heterocycles. The van der Waals surface area contributed by atoms with Crippen molar-refractivity contribution in [1.29, 1.82) is 0 Å². The lowest BCUT2D eigenvalue weighted by Crippen LogP contribution is -2.13. The quantitative estimate of drug-likeness (QED) is 0.716. The molecular formula is C17H17N3OS2. The second kappa shape index (κ2) is 6.60. The van der Waals surface area contributed by atoms with E-state index in [9.17, 15) is 4.79 Å². The highest BCUT2D eigenvalue weighted by atomic mass is 32.2. The van der Waals surface area contributed by atoms with Gasteiger partial charge in [-0.15, -0.1) is 11.8 Å². The third-order valence-electron chi connectivity index (χ3n) is 3.46. The first-order valence-corrected chi connectivity index (χ1v) is 9.14. The Morgan fingerprint density at radius 2 is 1.91 bits per heavy atom. The predicted molar refractivity (Wildman–Crippen MR) is 100 cm³/mol. The van der Waals surface area contributed by atoms with E-state index in [1.54, 1.807) is 11.8 Å². The number of aromatic nitrogens is 1. The molecule has 0 radical (unpaired) electrons. The van der Waals surface area contributed by atoms with Gasteiger partial charge in [0.1, 0.15) is 0 Å². The number of amides is 1. The summed E-state index contributed by atoms with van der Waals surface area (Å²) in [5.74, 6) is -0.139. The van der Waals surface area contributed by atoms with Gasteiger partial charge in [-0.25, -0.2) is 4.98 Å². The molecule has 1 aromatic heterocycles. The maximum absolute atomic E-state index is 12.3. The normalized spacial score (nSPS) is 10.7. The molecule has 118 valence electrons. The van der Waals surface area contributed by atoms with Crippen LogP contribution in [0.3, 0.4) is 0 Å². The number of rotatable bonds is 4. The van der Waals surface area contributed by atoms with Crippen LogP contribution in [0.15, 0.2) is 47.4 Å². The molecule has 0 aliphatic rings. The van der Waals surface area contributed by atoms with Crippen LogP contribution in [-0.4, -0.2) is 31.2 Å². The van der Waals surface area contributed by atoms with E-state index in [0.717, 1.165) is 15.9 Å². The molecule has 0 atom stereocenters. The maximum Gasteiger partial charge on any atom is 0.257 e. The zero-order valence-corrected chi connectivity index (χ0v) is 14.8. The zero-order chi connectivity index (χ0) is 16.4. The molecule has 1 N–H and O–H groups in total. The van der Waals surface area contributed by atoms with Gasteiger partial charge in [-0.1, -0.05) is 11.3 Å². The molecule has 1 amide bonds. The van der Waals surface area contributed by atoms with Crippen LogP contribution in [0, 0.1) is 0 Å². The van der Waals surface area contributed by atoms with Gasteiger partial charge in [0.15, 0.2) is 5.13 Å². The minimum atomic E-state index is -0.139. The van der Waals surface area contributed by atoms with E-state index in [-0.39, 0.29) is 5.91 Å². The highest BCUT2D eigenvalue weighted by Crippen LogP contribution is 2.29. The molecule has 0 saturated carbocycles. The van der Waals surface area contributed by atoms with Gasteiger partial charge in [0.05, 0.1) is 10.2 Å². The lowest BCUT2D eigenvalue weighted by atomic mass is 10.2. The molecule has 2 aromatic carbocycles. The smallest absolute Gasteiger partial charge is 0.257 e. The Hall–Kier alpha value is -2.05. The minimum Gasteiger partial charge on any atom is -0.378 e. The Balaban J connectivity index is 1.79. The van der Waals surface area contributed by atoms with Gasteiger partial charge >= 0.3 is 0 Å². The molecule has 3 aromatic rings. The van der Waals surface area contributed by atoms with Crippen molar-refractivity contribution in [3.05, 3.63) is 48.0 Å². The Morgan fingerprint density at radius 3 is 2.57 bits per heavy atom. The molecule has 0 fully saturated rings. The zero-order valence-electron chi connectivity index (χ0n) is 13.2. The summed E-state index contributed by atoms with van der Waals surface area (Å²) in [5.41, 5.74) is 2.59. The summed E-state index contributed by atoms with van der Waals surface area (Å²) in [6, 6.07) is 13.6. The second-order valence-corrected chi connectivity index (χ2v) is 7.16. The summed E-state index contributed by atoms with van der Waals surface area (Å²) < 4.78 is 1.08. The van der Waals surface area contributed by atoms with E-state index in [1.807, 2.05) is 61.6 Å². The highest BCUT2D eigenvalue weighted by molar-refractivity contribution is 7.98. The molecule has 0 saturated heterocycles. The van der Waals surface area contributed by atoms with Crippen LogP contribution in [0.5, 0.6) is 0 Å². The second-order valence-electron chi connectivity index (χ2n) is 5.25. The van der Waals surface area contributed by atoms with Crippen molar-refractivity contribution in [3.8, 4) is 0 Å². The van der Waals surface area contributed by atoms with Crippen molar-refractivity contribution in [2.45, 2.75) is 4.90 Å². The van der Waals surface area contributed by atoms with Gasteiger partial charge < -0.3 is 4.90 Å². The van der Waals surface area contributed by atoms with E-state index in [0.29, 0.717) is 10.7 Å². The van der Waals surface area contributed by atoms with E-state index < -0.39 is 0 Å². The fraction of sp³-hybridized carbons (Fsp3) is 0.176.